The summed E-state index contributed by atoms with van der Waals surface area (Å²) in [5.74, 6) is -0.351. The maximum absolute atomic E-state index is 11.6. The van der Waals surface area contributed by atoms with Crippen molar-refractivity contribution in [3.63, 3.8) is 0 Å². The molecule has 0 aliphatic carbocycles. The van der Waals surface area contributed by atoms with Gasteiger partial charge in [-0.2, -0.15) is 0 Å². The van der Waals surface area contributed by atoms with E-state index in [4.69, 9.17) is 18.9 Å². The summed E-state index contributed by atoms with van der Waals surface area (Å²) in [6.45, 7) is -0.0282. The molecule has 2 heterocycles. The van der Waals surface area contributed by atoms with Gasteiger partial charge in [0.25, 0.3) is 0 Å². The lowest BCUT2D eigenvalue weighted by Gasteiger charge is -2.20. The van der Waals surface area contributed by atoms with Crippen LogP contribution in [0.2, 0.25) is 0 Å². The van der Waals surface area contributed by atoms with E-state index in [1.165, 1.54) is 7.11 Å². The SMILES string of the molecule is COc1cc2c(cc1[C@@H](O)[C@H]1C(=O)OC[C@@H]1O)OCO2. The highest BCUT2D eigenvalue weighted by molar-refractivity contribution is 5.76. The summed E-state index contributed by atoms with van der Waals surface area (Å²) in [5.41, 5.74) is 0.347. The van der Waals surface area contributed by atoms with Gasteiger partial charge in [0.1, 0.15) is 24.4 Å². The maximum atomic E-state index is 11.6. The van der Waals surface area contributed by atoms with Crippen molar-refractivity contribution in [2.75, 3.05) is 20.5 Å². The van der Waals surface area contributed by atoms with E-state index in [0.29, 0.717) is 22.8 Å². The van der Waals surface area contributed by atoms with Gasteiger partial charge in [0.2, 0.25) is 6.79 Å². The van der Waals surface area contributed by atoms with Gasteiger partial charge < -0.3 is 29.2 Å². The van der Waals surface area contributed by atoms with Crippen molar-refractivity contribution in [2.45, 2.75) is 12.2 Å². The molecule has 0 spiro atoms. The smallest absolute Gasteiger partial charge is 0.314 e. The highest BCUT2D eigenvalue weighted by Crippen LogP contribution is 2.43. The summed E-state index contributed by atoms with van der Waals surface area (Å²) in [5, 5.41) is 20.1. The number of esters is 1. The van der Waals surface area contributed by atoms with Gasteiger partial charge in [0, 0.05) is 11.6 Å². The molecule has 2 N–H and O–H groups in total. The van der Waals surface area contributed by atoms with Crippen molar-refractivity contribution < 1.29 is 34.0 Å². The van der Waals surface area contributed by atoms with Gasteiger partial charge in [-0.15, -0.1) is 0 Å². The topological polar surface area (TPSA) is 94.5 Å². The predicted molar refractivity (Wildman–Crippen MR) is 64.5 cm³/mol. The number of benzene rings is 1. The Kier molecular flexibility index (Phi) is 3.15. The van der Waals surface area contributed by atoms with Crippen molar-refractivity contribution >= 4 is 5.97 Å². The monoisotopic (exact) mass is 282 g/mol. The lowest BCUT2D eigenvalue weighted by Crippen LogP contribution is -2.27. The van der Waals surface area contributed by atoms with Crippen LogP contribution in [0.3, 0.4) is 0 Å². The van der Waals surface area contributed by atoms with Gasteiger partial charge in [-0.3, -0.25) is 4.79 Å². The van der Waals surface area contributed by atoms with Gasteiger partial charge >= 0.3 is 5.97 Å². The van der Waals surface area contributed by atoms with E-state index in [2.05, 4.69) is 0 Å². The number of aliphatic hydroxyl groups is 2. The fourth-order valence-corrected chi connectivity index (χ4v) is 2.40. The van der Waals surface area contributed by atoms with Crippen LogP contribution in [0.5, 0.6) is 17.2 Å². The van der Waals surface area contributed by atoms with E-state index >= 15 is 0 Å². The molecule has 2 aliphatic heterocycles. The van der Waals surface area contributed by atoms with Crippen LogP contribution in [0.25, 0.3) is 0 Å². The van der Waals surface area contributed by atoms with Crippen molar-refractivity contribution in [1.29, 1.82) is 0 Å². The number of carbonyl (C=O) groups excluding carboxylic acids is 1. The summed E-state index contributed by atoms with van der Waals surface area (Å²) in [4.78, 5) is 11.6. The molecule has 1 aromatic rings. The molecule has 1 saturated heterocycles. The lowest BCUT2D eigenvalue weighted by molar-refractivity contribution is -0.144. The minimum Gasteiger partial charge on any atom is -0.496 e. The minimum absolute atomic E-state index is 0.0894. The van der Waals surface area contributed by atoms with Gasteiger partial charge in [-0.05, 0) is 6.07 Å². The Morgan fingerprint density at radius 3 is 2.60 bits per heavy atom. The highest BCUT2D eigenvalue weighted by Gasteiger charge is 2.43. The molecule has 0 saturated carbocycles. The number of aliphatic hydroxyl groups excluding tert-OH is 2. The van der Waals surface area contributed by atoms with E-state index in [-0.39, 0.29) is 13.4 Å². The average Bonchev–Trinajstić information content (AvgIpc) is 3.02. The molecule has 7 nitrogen and oxygen atoms in total. The molecule has 108 valence electrons. The second-order valence-corrected chi connectivity index (χ2v) is 4.62. The Labute approximate surface area is 114 Å². The van der Waals surface area contributed by atoms with Crippen molar-refractivity contribution in [3.05, 3.63) is 17.7 Å². The zero-order valence-electron chi connectivity index (χ0n) is 10.7. The molecule has 2 aliphatic rings. The molecule has 0 unspecified atom stereocenters. The molecular weight excluding hydrogens is 268 g/mol. The Bertz CT molecular complexity index is 542. The second-order valence-electron chi connectivity index (χ2n) is 4.62. The molecule has 20 heavy (non-hydrogen) atoms. The van der Waals surface area contributed by atoms with Crippen LogP contribution in [0, 0.1) is 5.92 Å². The first kappa shape index (κ1) is 13.0. The minimum atomic E-state index is -1.25. The summed E-state index contributed by atoms with van der Waals surface area (Å²) in [6, 6.07) is 3.12. The quantitative estimate of drug-likeness (QED) is 0.753. The fraction of sp³-hybridized carbons (Fsp3) is 0.462. The first-order valence-electron chi connectivity index (χ1n) is 6.12. The summed E-state index contributed by atoms with van der Waals surface area (Å²) in [6.07, 6.45) is -2.29. The first-order valence-corrected chi connectivity index (χ1v) is 6.12. The normalized spacial score (nSPS) is 25.4. The molecule has 0 bridgehead atoms. The van der Waals surface area contributed by atoms with Crippen LogP contribution in [0.1, 0.15) is 11.7 Å². The molecule has 1 aromatic carbocycles. The van der Waals surface area contributed by atoms with E-state index in [9.17, 15) is 15.0 Å². The highest BCUT2D eigenvalue weighted by atomic mass is 16.7. The van der Waals surface area contributed by atoms with Crippen LogP contribution in [-0.2, 0) is 9.53 Å². The standard InChI is InChI=1S/C13H14O7/c1-17-8-3-10-9(19-5-20-10)2-6(8)12(15)11-7(14)4-18-13(11)16/h2-3,7,11-12,14-15H,4-5H2,1H3/t7-,11-,12+/m0/s1. The molecule has 0 amide bonds. The maximum Gasteiger partial charge on any atom is 0.314 e. The van der Waals surface area contributed by atoms with Gasteiger partial charge in [-0.1, -0.05) is 0 Å². The van der Waals surface area contributed by atoms with Crippen molar-refractivity contribution in [2.24, 2.45) is 5.92 Å². The molecule has 3 atom stereocenters. The third kappa shape index (κ3) is 1.95. The van der Waals surface area contributed by atoms with Crippen LogP contribution >= 0.6 is 0 Å². The predicted octanol–water partition coefficient (Wildman–Crippen LogP) is -0.00880. The summed E-state index contributed by atoms with van der Waals surface area (Å²) >= 11 is 0. The first-order chi connectivity index (χ1) is 9.61. The van der Waals surface area contributed by atoms with Gasteiger partial charge in [0.15, 0.2) is 11.5 Å². The third-order valence-corrected chi connectivity index (χ3v) is 3.47. The molecule has 1 fully saturated rings. The number of ether oxygens (including phenoxy) is 4. The van der Waals surface area contributed by atoms with Crippen LogP contribution < -0.4 is 14.2 Å². The lowest BCUT2D eigenvalue weighted by atomic mass is 9.92. The zero-order valence-corrected chi connectivity index (χ0v) is 10.7. The summed E-state index contributed by atoms with van der Waals surface area (Å²) < 4.78 is 20.4. The number of fused-ring (bicyclic) bond motifs is 1. The second kappa shape index (κ2) is 4.84. The molecule has 0 aromatic heterocycles. The number of hydrogen-bond acceptors (Lipinski definition) is 7. The number of methoxy groups -OCH3 is 1. The van der Waals surface area contributed by atoms with E-state index in [0.717, 1.165) is 0 Å². The number of hydrogen-bond donors (Lipinski definition) is 2. The molecular formula is C13H14O7. The number of cyclic esters (lactones) is 1. The van der Waals surface area contributed by atoms with E-state index in [1.807, 2.05) is 0 Å². The van der Waals surface area contributed by atoms with Crippen LogP contribution in [-0.4, -0.2) is 42.8 Å². The zero-order chi connectivity index (χ0) is 14.3. The Hall–Kier alpha value is -1.99. The summed E-state index contributed by atoms with van der Waals surface area (Å²) in [7, 11) is 1.44. The Morgan fingerprint density at radius 1 is 1.30 bits per heavy atom. The van der Waals surface area contributed by atoms with Gasteiger partial charge in [0.05, 0.1) is 13.2 Å². The molecule has 0 radical (unpaired) electrons. The van der Waals surface area contributed by atoms with E-state index in [1.54, 1.807) is 12.1 Å². The molecule has 7 heteroatoms. The van der Waals surface area contributed by atoms with Crippen molar-refractivity contribution in [3.8, 4) is 17.2 Å². The largest absolute Gasteiger partial charge is 0.496 e. The fourth-order valence-electron chi connectivity index (χ4n) is 2.40. The van der Waals surface area contributed by atoms with Crippen LogP contribution in [0.15, 0.2) is 12.1 Å². The molecule has 3 rings (SSSR count). The van der Waals surface area contributed by atoms with E-state index < -0.39 is 24.1 Å². The van der Waals surface area contributed by atoms with Gasteiger partial charge in [-0.25, -0.2) is 0 Å². The van der Waals surface area contributed by atoms with Crippen molar-refractivity contribution in [1.82, 2.24) is 0 Å². The Balaban J connectivity index is 1.98. The number of rotatable bonds is 3. The van der Waals surface area contributed by atoms with Crippen LogP contribution in [0.4, 0.5) is 0 Å². The average molecular weight is 282 g/mol. The Morgan fingerprint density at radius 2 is 2.00 bits per heavy atom. The number of carbonyl (C=O) groups is 1. The third-order valence-electron chi connectivity index (χ3n) is 3.47.